The van der Waals surface area contributed by atoms with Crippen molar-refractivity contribution in [2.24, 2.45) is 0 Å². The number of anilines is 2. The zero-order valence-corrected chi connectivity index (χ0v) is 25.2. The maximum Gasteiger partial charge on any atom is 0.328 e. The van der Waals surface area contributed by atoms with Gasteiger partial charge in [0, 0.05) is 61.0 Å². The van der Waals surface area contributed by atoms with Gasteiger partial charge in [0.25, 0.3) is 0 Å². The lowest BCUT2D eigenvalue weighted by atomic mass is 10.0. The van der Waals surface area contributed by atoms with Gasteiger partial charge in [-0.05, 0) is 67.4 Å². The van der Waals surface area contributed by atoms with Crippen molar-refractivity contribution < 1.29 is 14.3 Å². The molecule has 0 bridgehead atoms. The van der Waals surface area contributed by atoms with E-state index in [4.69, 9.17) is 4.74 Å². The van der Waals surface area contributed by atoms with Gasteiger partial charge in [-0.25, -0.2) is 9.69 Å². The molecule has 0 spiro atoms. The molecular weight excluding hydrogens is 532 g/mol. The Hall–Kier alpha value is -3.10. The van der Waals surface area contributed by atoms with Crippen molar-refractivity contribution >= 4 is 44.7 Å². The number of amides is 3. The highest BCUT2D eigenvalue weighted by Crippen LogP contribution is 2.33. The molecule has 3 heterocycles. The smallest absolute Gasteiger partial charge is 0.328 e. The number of nitrogens with zero attached hydrogens (tertiary/aromatic N) is 3. The van der Waals surface area contributed by atoms with Gasteiger partial charge < -0.3 is 15.0 Å². The molecule has 1 N–H and O–H groups in total. The molecule has 0 aliphatic carbocycles. The number of rotatable bonds is 13. The van der Waals surface area contributed by atoms with E-state index in [1.807, 2.05) is 29.5 Å². The first-order chi connectivity index (χ1) is 20.1. The molecule has 0 saturated carbocycles. The van der Waals surface area contributed by atoms with Gasteiger partial charge in [0.2, 0.25) is 5.91 Å². The van der Waals surface area contributed by atoms with Crippen molar-refractivity contribution in [3.05, 3.63) is 53.4 Å². The second-order valence-corrected chi connectivity index (χ2v) is 12.1. The van der Waals surface area contributed by atoms with E-state index in [9.17, 15) is 9.59 Å². The summed E-state index contributed by atoms with van der Waals surface area (Å²) in [4.78, 5) is 32.0. The molecule has 5 rings (SSSR count). The minimum atomic E-state index is -0.323. The first-order valence-corrected chi connectivity index (χ1v) is 16.3. The van der Waals surface area contributed by atoms with Crippen molar-refractivity contribution in [2.45, 2.75) is 64.7 Å². The summed E-state index contributed by atoms with van der Waals surface area (Å²) in [6.07, 6.45) is 8.69. The standard InChI is InChI=1S/C33H44N4O3S/c1-2-3-4-5-6-17-34-33(39)37-30-25-27(14-12-26(30)13-15-32(37)38)40-23-8-7-18-35-19-21-36(22-20-35)29-10-9-11-31-28(29)16-24-41-31/h9-12,14,16,24-25H,2-8,13,15,17-23H2,1H3,(H,34,39). The van der Waals surface area contributed by atoms with Crippen LogP contribution >= 0.6 is 11.3 Å². The Morgan fingerprint density at radius 1 is 0.927 bits per heavy atom. The molecule has 1 saturated heterocycles. The number of urea groups is 1. The molecule has 1 fully saturated rings. The summed E-state index contributed by atoms with van der Waals surface area (Å²) in [5.41, 5.74) is 3.05. The number of aryl methyl sites for hydroxylation is 1. The average Bonchev–Trinajstić information content (AvgIpc) is 3.48. The van der Waals surface area contributed by atoms with E-state index in [0.717, 1.165) is 64.0 Å². The molecule has 0 radical (unpaired) electrons. The van der Waals surface area contributed by atoms with Crippen molar-refractivity contribution in [1.29, 1.82) is 0 Å². The molecule has 0 atom stereocenters. The van der Waals surface area contributed by atoms with Crippen LogP contribution < -0.4 is 19.9 Å². The van der Waals surface area contributed by atoms with E-state index in [1.54, 1.807) is 0 Å². The summed E-state index contributed by atoms with van der Waals surface area (Å²) < 4.78 is 7.43. The molecule has 3 aromatic rings. The molecule has 3 amide bonds. The van der Waals surface area contributed by atoms with Gasteiger partial charge >= 0.3 is 6.03 Å². The van der Waals surface area contributed by atoms with E-state index in [0.29, 0.717) is 37.4 Å². The Balaban J connectivity index is 1.04. The number of carbonyl (C=O) groups is 2. The molecule has 41 heavy (non-hydrogen) atoms. The largest absolute Gasteiger partial charge is 0.494 e. The zero-order chi connectivity index (χ0) is 28.4. The first-order valence-electron chi connectivity index (χ1n) is 15.4. The van der Waals surface area contributed by atoms with Crippen molar-refractivity contribution in [2.75, 3.05) is 55.7 Å². The number of carbonyl (C=O) groups excluding carboxylic acids is 2. The van der Waals surface area contributed by atoms with Gasteiger partial charge in [0.15, 0.2) is 0 Å². The lowest BCUT2D eigenvalue weighted by Crippen LogP contribution is -2.46. The summed E-state index contributed by atoms with van der Waals surface area (Å²) in [5.74, 6) is 0.567. The van der Waals surface area contributed by atoms with E-state index < -0.39 is 0 Å². The molecule has 8 heteroatoms. The highest BCUT2D eigenvalue weighted by Gasteiger charge is 2.30. The minimum absolute atomic E-state index is 0.148. The summed E-state index contributed by atoms with van der Waals surface area (Å²) in [6, 6.07) is 14.4. The van der Waals surface area contributed by atoms with Crippen molar-refractivity contribution in [3.8, 4) is 5.75 Å². The number of imide groups is 1. The van der Waals surface area contributed by atoms with E-state index >= 15 is 0 Å². The number of piperazine rings is 1. The SMILES string of the molecule is CCCCCCCNC(=O)N1C(=O)CCc2ccc(OCCCCN3CCN(c4cccc5sccc45)CC3)cc21. The van der Waals surface area contributed by atoms with Crippen molar-refractivity contribution in [3.63, 3.8) is 0 Å². The number of benzene rings is 2. The number of hydrogen-bond acceptors (Lipinski definition) is 6. The molecule has 7 nitrogen and oxygen atoms in total. The third-order valence-corrected chi connectivity index (χ3v) is 9.12. The van der Waals surface area contributed by atoms with Crippen LogP contribution in [0, 0.1) is 0 Å². The van der Waals surface area contributed by atoms with Crippen LogP contribution in [0.15, 0.2) is 47.8 Å². The Kier molecular flexibility index (Phi) is 10.5. The Morgan fingerprint density at radius 3 is 2.63 bits per heavy atom. The summed E-state index contributed by atoms with van der Waals surface area (Å²) >= 11 is 1.81. The highest BCUT2D eigenvalue weighted by atomic mass is 32.1. The number of ether oxygens (including phenoxy) is 1. The maximum absolute atomic E-state index is 12.9. The molecule has 2 aliphatic heterocycles. The number of unbranched alkanes of at least 4 members (excludes halogenated alkanes) is 5. The van der Waals surface area contributed by atoms with E-state index in [1.165, 1.54) is 39.9 Å². The Morgan fingerprint density at radius 2 is 1.78 bits per heavy atom. The molecule has 0 unspecified atom stereocenters. The van der Waals surface area contributed by atoms with Gasteiger partial charge in [0.05, 0.1) is 12.3 Å². The lowest BCUT2D eigenvalue weighted by molar-refractivity contribution is -0.118. The summed E-state index contributed by atoms with van der Waals surface area (Å²) in [6.45, 7) is 8.76. The second-order valence-electron chi connectivity index (χ2n) is 11.2. The predicted octanol–water partition coefficient (Wildman–Crippen LogP) is 6.84. The first kappa shape index (κ1) is 29.4. The summed E-state index contributed by atoms with van der Waals surface area (Å²) in [7, 11) is 0. The van der Waals surface area contributed by atoms with Gasteiger partial charge in [-0.3, -0.25) is 9.69 Å². The van der Waals surface area contributed by atoms with Gasteiger partial charge in [-0.15, -0.1) is 11.3 Å². The number of fused-ring (bicyclic) bond motifs is 2. The fraction of sp³-hybridized carbons (Fsp3) is 0.515. The van der Waals surface area contributed by atoms with Crippen LogP contribution in [0.5, 0.6) is 5.75 Å². The van der Waals surface area contributed by atoms with Crippen LogP contribution in [0.4, 0.5) is 16.2 Å². The molecular formula is C33H44N4O3S. The number of thiophene rings is 1. The molecule has 1 aromatic heterocycles. The molecule has 2 aliphatic rings. The highest BCUT2D eigenvalue weighted by molar-refractivity contribution is 7.17. The third-order valence-electron chi connectivity index (χ3n) is 8.24. The van der Waals surface area contributed by atoms with E-state index in [-0.39, 0.29) is 11.9 Å². The van der Waals surface area contributed by atoms with Gasteiger partial charge in [-0.1, -0.05) is 44.7 Å². The molecule has 220 valence electrons. The Bertz CT molecular complexity index is 1300. The predicted molar refractivity (Wildman–Crippen MR) is 170 cm³/mol. The van der Waals surface area contributed by atoms with Crippen molar-refractivity contribution in [1.82, 2.24) is 10.2 Å². The fourth-order valence-electron chi connectivity index (χ4n) is 5.86. The van der Waals surface area contributed by atoms with E-state index in [2.05, 4.69) is 51.7 Å². The number of hydrogen-bond donors (Lipinski definition) is 1. The van der Waals surface area contributed by atoms with Gasteiger partial charge in [0.1, 0.15) is 5.75 Å². The van der Waals surface area contributed by atoms with Crippen LogP contribution in [-0.2, 0) is 11.2 Å². The van der Waals surface area contributed by atoms with Crippen LogP contribution in [0.2, 0.25) is 0 Å². The normalized spacial score (nSPS) is 15.8. The Labute approximate surface area is 248 Å². The zero-order valence-electron chi connectivity index (χ0n) is 24.4. The van der Waals surface area contributed by atoms with Crippen LogP contribution in [0.3, 0.4) is 0 Å². The van der Waals surface area contributed by atoms with Crippen LogP contribution in [0.1, 0.15) is 63.9 Å². The quantitative estimate of drug-likeness (QED) is 0.226. The average molecular weight is 577 g/mol. The lowest BCUT2D eigenvalue weighted by Gasteiger charge is -2.36. The van der Waals surface area contributed by atoms with Gasteiger partial charge in [-0.2, -0.15) is 0 Å². The minimum Gasteiger partial charge on any atom is -0.494 e. The summed E-state index contributed by atoms with van der Waals surface area (Å²) in [5, 5.41) is 6.50. The second kappa shape index (κ2) is 14.7. The maximum atomic E-state index is 12.9. The topological polar surface area (TPSA) is 65.1 Å². The van der Waals surface area contributed by atoms with Crippen LogP contribution in [-0.4, -0.2) is 62.7 Å². The third kappa shape index (κ3) is 7.60. The van der Waals surface area contributed by atoms with Crippen LogP contribution in [0.25, 0.3) is 10.1 Å². The molecule has 2 aromatic carbocycles. The fourth-order valence-corrected chi connectivity index (χ4v) is 6.67. The monoisotopic (exact) mass is 576 g/mol. The number of nitrogens with one attached hydrogen (secondary N) is 1.